The number of H-pyrrole nitrogens is 1. The molecule has 0 aliphatic carbocycles. The fourth-order valence-electron chi connectivity index (χ4n) is 4.88. The highest BCUT2D eigenvalue weighted by atomic mass is 16.7. The Balaban J connectivity index is 0.000000400. The zero-order valence-electron chi connectivity index (χ0n) is 31.9. The van der Waals surface area contributed by atoms with Gasteiger partial charge in [0.15, 0.2) is 5.78 Å². The fraction of sp³-hybridized carbons (Fsp3) is 0.487. The number of amides is 3. The molecule has 0 bridgehead atoms. The number of carbonyl (C=O) groups is 8. The molecule has 0 radical (unpaired) electrons. The van der Waals surface area contributed by atoms with Crippen LogP contribution in [0.1, 0.15) is 69.8 Å². The summed E-state index contributed by atoms with van der Waals surface area (Å²) in [4.78, 5) is 98.7. The summed E-state index contributed by atoms with van der Waals surface area (Å²) in [6.45, 7) is 7.84. The molecule has 18 heteroatoms. The maximum atomic E-state index is 12.0. The molecule has 1 saturated heterocycles. The molecule has 18 nitrogen and oxygen atoms in total. The molecule has 3 rings (SSSR count). The number of carbonyl (C=O) groups excluding carboxylic acids is 8. The number of aliphatic hydroxyl groups is 1. The number of hydroxylamine groups is 2. The Labute approximate surface area is 329 Å². The minimum atomic E-state index is -1.00. The minimum Gasteiger partial charge on any atom is -0.463 e. The van der Waals surface area contributed by atoms with Crippen LogP contribution in [-0.4, -0.2) is 115 Å². The maximum Gasteiger partial charge on any atom is 0.333 e. The summed E-state index contributed by atoms with van der Waals surface area (Å²) in [6, 6.07) is 7.74. The number of ether oxygens (including phenoxy) is 5. The Morgan fingerprint density at radius 1 is 0.737 bits per heavy atom. The lowest BCUT2D eigenvalue weighted by molar-refractivity contribution is -0.197. The van der Waals surface area contributed by atoms with Gasteiger partial charge in [0.2, 0.25) is 5.91 Å². The van der Waals surface area contributed by atoms with E-state index in [4.69, 9.17) is 18.9 Å². The Morgan fingerprint density at radius 2 is 1.32 bits per heavy atom. The SMILES string of the molecule is C=CC(=O)CCCOCCOC(=O)CCCC(=O)NC(O)Cc1c[nH]c2ccccc12.C=CC(=O)OCCOCCOC(=O)CCCC(=O)ON1C(=O)CCC1=O. The van der Waals surface area contributed by atoms with E-state index in [0.717, 1.165) is 22.5 Å². The number of nitrogens with zero attached hydrogens (tertiary/aromatic N) is 1. The van der Waals surface area contributed by atoms with Gasteiger partial charge in [-0.25, -0.2) is 9.59 Å². The fourth-order valence-corrected chi connectivity index (χ4v) is 4.88. The molecular formula is C39H51N3O15. The average molecular weight is 802 g/mol. The lowest BCUT2D eigenvalue weighted by Gasteiger charge is -2.12. The van der Waals surface area contributed by atoms with E-state index in [9.17, 15) is 43.5 Å². The molecule has 1 aromatic heterocycles. The molecule has 1 unspecified atom stereocenters. The Morgan fingerprint density at radius 3 is 1.95 bits per heavy atom. The molecule has 57 heavy (non-hydrogen) atoms. The van der Waals surface area contributed by atoms with E-state index in [1.165, 1.54) is 6.08 Å². The van der Waals surface area contributed by atoms with E-state index in [1.54, 1.807) is 0 Å². The highest BCUT2D eigenvalue weighted by Gasteiger charge is 2.32. The lowest BCUT2D eigenvalue weighted by atomic mass is 10.1. The number of aromatic nitrogens is 1. The molecule has 3 amide bonds. The number of aromatic amines is 1. The summed E-state index contributed by atoms with van der Waals surface area (Å²) in [5.74, 6) is -3.69. The van der Waals surface area contributed by atoms with E-state index in [0.29, 0.717) is 37.4 Å². The number of esters is 3. The van der Waals surface area contributed by atoms with Crippen molar-refractivity contribution in [3.05, 3.63) is 61.3 Å². The second-order valence-corrected chi connectivity index (χ2v) is 12.2. The maximum absolute atomic E-state index is 12.0. The van der Waals surface area contributed by atoms with Crippen molar-refractivity contribution >= 4 is 58.3 Å². The highest BCUT2D eigenvalue weighted by molar-refractivity contribution is 6.01. The van der Waals surface area contributed by atoms with E-state index < -0.39 is 41.9 Å². The minimum absolute atomic E-state index is 0.0199. The summed E-state index contributed by atoms with van der Waals surface area (Å²) >= 11 is 0. The van der Waals surface area contributed by atoms with Crippen molar-refractivity contribution in [1.29, 1.82) is 0 Å². The zero-order chi connectivity index (χ0) is 41.8. The van der Waals surface area contributed by atoms with E-state index >= 15 is 0 Å². The number of hydrogen-bond acceptors (Lipinski definition) is 15. The zero-order valence-corrected chi connectivity index (χ0v) is 31.9. The molecule has 2 heterocycles. The van der Waals surface area contributed by atoms with Crippen LogP contribution < -0.4 is 5.32 Å². The van der Waals surface area contributed by atoms with Crippen molar-refractivity contribution in [2.45, 2.75) is 76.9 Å². The van der Waals surface area contributed by atoms with Crippen LogP contribution in [0.4, 0.5) is 0 Å². The monoisotopic (exact) mass is 801 g/mol. The number of aliphatic hydroxyl groups excluding tert-OH is 1. The molecular weight excluding hydrogens is 750 g/mol. The van der Waals surface area contributed by atoms with Crippen molar-refractivity contribution < 1.29 is 72.0 Å². The van der Waals surface area contributed by atoms with Crippen LogP contribution in [0.15, 0.2) is 55.8 Å². The van der Waals surface area contributed by atoms with Crippen molar-refractivity contribution in [3.8, 4) is 0 Å². The van der Waals surface area contributed by atoms with E-state index in [1.807, 2.05) is 30.5 Å². The number of nitrogens with one attached hydrogen (secondary N) is 2. The molecule has 312 valence electrons. The molecule has 2 aromatic rings. The third-order valence-electron chi connectivity index (χ3n) is 7.72. The van der Waals surface area contributed by atoms with E-state index in [-0.39, 0.29) is 96.3 Å². The second-order valence-electron chi connectivity index (χ2n) is 12.2. The van der Waals surface area contributed by atoms with Crippen molar-refractivity contribution in [2.75, 3.05) is 46.2 Å². The predicted molar refractivity (Wildman–Crippen MR) is 200 cm³/mol. The molecule has 1 aliphatic heterocycles. The Bertz CT molecular complexity index is 1650. The van der Waals surface area contributed by atoms with Crippen LogP contribution >= 0.6 is 0 Å². The van der Waals surface area contributed by atoms with Gasteiger partial charge in [0.25, 0.3) is 11.8 Å². The first-order chi connectivity index (χ1) is 27.4. The van der Waals surface area contributed by atoms with Gasteiger partial charge in [-0.05, 0) is 37.0 Å². The van der Waals surface area contributed by atoms with Gasteiger partial charge in [0.05, 0.1) is 19.8 Å². The lowest BCUT2D eigenvalue weighted by Crippen LogP contribution is -2.36. The summed E-state index contributed by atoms with van der Waals surface area (Å²) in [7, 11) is 0. The normalized spacial score (nSPS) is 12.5. The molecule has 3 N–H and O–H groups in total. The van der Waals surface area contributed by atoms with Crippen LogP contribution in [0.5, 0.6) is 0 Å². The number of allylic oxidation sites excluding steroid dienone is 1. The standard InChI is InChI=1S/C23H30N2O6.C16H21NO9/c1-2-18(26)7-6-12-30-13-14-31-23(29)11-5-10-21(27)25-22(28)15-17-16-24-20-9-4-3-8-19(17)20;1-2-14(20)24-10-8-23-9-11-25-15(21)4-3-5-16(22)26-17-12(18)6-7-13(17)19/h2-4,8-9,16,22,24,28H,1,5-7,10-15H2,(H,25,27);2H,1,3-11H2. The number of imide groups is 1. The van der Waals surface area contributed by atoms with Crippen LogP contribution in [0.2, 0.25) is 0 Å². The van der Waals surface area contributed by atoms with E-state index in [2.05, 4.69) is 33.0 Å². The number of ketones is 1. The third-order valence-corrected chi connectivity index (χ3v) is 7.72. The number of benzene rings is 1. The number of fused-ring (bicyclic) bond motifs is 1. The summed E-state index contributed by atoms with van der Waals surface area (Å²) in [5, 5.41) is 14.1. The van der Waals surface area contributed by atoms with Crippen molar-refractivity contribution in [3.63, 3.8) is 0 Å². The highest BCUT2D eigenvalue weighted by Crippen LogP contribution is 2.19. The van der Waals surface area contributed by atoms with Crippen molar-refractivity contribution in [1.82, 2.24) is 15.4 Å². The summed E-state index contributed by atoms with van der Waals surface area (Å²) in [6.07, 6.45) is 5.04. The average Bonchev–Trinajstić information content (AvgIpc) is 3.74. The topological polar surface area (TPSA) is 243 Å². The predicted octanol–water partition coefficient (Wildman–Crippen LogP) is 2.46. The van der Waals surface area contributed by atoms with Crippen LogP contribution in [-0.2, 0) is 73.3 Å². The second kappa shape index (κ2) is 27.8. The van der Waals surface area contributed by atoms with Crippen LogP contribution in [0, 0.1) is 0 Å². The van der Waals surface area contributed by atoms with Gasteiger partial charge in [0, 0.05) is 81.1 Å². The molecule has 1 aliphatic rings. The molecule has 1 fully saturated rings. The summed E-state index contributed by atoms with van der Waals surface area (Å²) < 4.78 is 25.0. The number of hydrogen-bond donors (Lipinski definition) is 3. The first-order valence-corrected chi connectivity index (χ1v) is 18.4. The Kier molecular flexibility index (Phi) is 23.1. The van der Waals surface area contributed by atoms with Gasteiger partial charge in [-0.3, -0.25) is 28.8 Å². The first-order valence-electron chi connectivity index (χ1n) is 18.4. The number of para-hydroxylation sites is 1. The number of rotatable bonds is 27. The van der Waals surface area contributed by atoms with Crippen LogP contribution in [0.3, 0.4) is 0 Å². The van der Waals surface area contributed by atoms with Gasteiger partial charge in [-0.15, -0.1) is 5.06 Å². The molecule has 0 saturated carbocycles. The van der Waals surface area contributed by atoms with Gasteiger partial charge >= 0.3 is 23.9 Å². The Hall–Kier alpha value is -5.72. The van der Waals surface area contributed by atoms with Crippen LogP contribution in [0.25, 0.3) is 10.9 Å². The first kappa shape index (κ1) is 47.4. The van der Waals surface area contributed by atoms with Crippen molar-refractivity contribution in [2.24, 2.45) is 0 Å². The molecule has 0 spiro atoms. The van der Waals surface area contributed by atoms with Gasteiger partial charge in [0.1, 0.15) is 26.0 Å². The quantitative estimate of drug-likeness (QED) is 0.0294. The summed E-state index contributed by atoms with van der Waals surface area (Å²) in [5.41, 5.74) is 1.89. The van der Waals surface area contributed by atoms with Gasteiger partial charge < -0.3 is 43.9 Å². The molecule has 1 atom stereocenters. The third kappa shape index (κ3) is 20.7. The molecule has 1 aromatic carbocycles. The van der Waals surface area contributed by atoms with Gasteiger partial charge in [-0.1, -0.05) is 31.4 Å². The van der Waals surface area contributed by atoms with Gasteiger partial charge in [-0.2, -0.15) is 0 Å². The smallest absolute Gasteiger partial charge is 0.333 e. The largest absolute Gasteiger partial charge is 0.463 e.